The Morgan fingerprint density at radius 2 is 0.792 bits per heavy atom. The van der Waals surface area contributed by atoms with Gasteiger partial charge in [0.25, 0.3) is 0 Å². The van der Waals surface area contributed by atoms with Gasteiger partial charge in [0.2, 0.25) is 0 Å². The Balaban J connectivity index is 0.816. The van der Waals surface area contributed by atoms with Crippen molar-refractivity contribution in [2.75, 3.05) is 49.2 Å². The summed E-state index contributed by atoms with van der Waals surface area (Å²) in [6, 6.07) is 49.3. The number of ether oxygens (including phenoxy) is 2. The van der Waals surface area contributed by atoms with E-state index in [2.05, 4.69) is 42.4 Å². The number of likely N-dealkylation sites (N-methyl/N-ethyl adjacent to an activating group) is 2. The van der Waals surface area contributed by atoms with E-state index >= 15 is 26.3 Å². The zero-order valence-corrected chi connectivity index (χ0v) is 42.9. The molecule has 0 atom stereocenters. The third-order valence-corrected chi connectivity index (χ3v) is 15.7. The first-order valence-corrected chi connectivity index (χ1v) is 26.0. The van der Waals surface area contributed by atoms with Crippen LogP contribution in [0.2, 0.25) is 0 Å². The SMILES string of the molecule is CCN(CCOc1ccc(-c2cc3c4c(c5cc(-c6ccc(OCCN(CC)c7ccc(N=Nc8ccc(C#N)cc8)cc7)cc6)sc5c3s2)C(F)(F)C(F)(F)C4(F)F)cc1)c1ccc(N=Nc2ccc(C#N)cc2)cc1. The zero-order valence-electron chi connectivity index (χ0n) is 41.2. The van der Waals surface area contributed by atoms with E-state index in [1.165, 1.54) is 12.1 Å². The summed E-state index contributed by atoms with van der Waals surface area (Å²) in [5, 5.41) is 34.4. The van der Waals surface area contributed by atoms with Crippen LogP contribution in [0.3, 0.4) is 0 Å². The van der Waals surface area contributed by atoms with E-state index < -0.39 is 28.9 Å². The maximum Gasteiger partial charge on any atom is 0.380 e. The smallest absolute Gasteiger partial charge is 0.380 e. The number of anilines is 2. The molecule has 0 bridgehead atoms. The fraction of sp³-hybridized carbons (Fsp3) is 0.186. The summed E-state index contributed by atoms with van der Waals surface area (Å²) in [4.78, 5) is 5.12. The minimum atomic E-state index is -5.67. The van der Waals surface area contributed by atoms with Gasteiger partial charge in [-0.05, 0) is 183 Å². The molecule has 0 aliphatic heterocycles. The number of nitriles is 2. The number of rotatable bonds is 18. The first kappa shape index (κ1) is 51.9. The molecule has 77 heavy (non-hydrogen) atoms. The number of benzene rings is 7. The molecule has 2 heterocycles. The molecule has 10 rings (SSSR count). The number of nitrogens with zero attached hydrogens (tertiary/aromatic N) is 8. The molecule has 7 aromatic carbocycles. The number of alkyl halides is 6. The second-order valence-electron chi connectivity index (χ2n) is 17.8. The Hall–Kier alpha value is -8.58. The molecule has 1 aliphatic rings. The van der Waals surface area contributed by atoms with Crippen LogP contribution in [-0.4, -0.2) is 45.3 Å². The lowest BCUT2D eigenvalue weighted by molar-refractivity contribution is -0.301. The van der Waals surface area contributed by atoms with Crippen molar-refractivity contribution in [2.24, 2.45) is 20.5 Å². The van der Waals surface area contributed by atoms with Crippen molar-refractivity contribution < 1.29 is 35.8 Å². The third-order valence-electron chi connectivity index (χ3n) is 13.2. The van der Waals surface area contributed by atoms with Gasteiger partial charge in [0.1, 0.15) is 24.7 Å². The van der Waals surface area contributed by atoms with Crippen molar-refractivity contribution in [1.29, 1.82) is 10.5 Å². The Labute approximate surface area is 447 Å². The van der Waals surface area contributed by atoms with E-state index in [1.807, 2.05) is 62.4 Å². The topological polar surface area (TPSA) is 122 Å². The van der Waals surface area contributed by atoms with Crippen molar-refractivity contribution >= 4 is 77.0 Å². The van der Waals surface area contributed by atoms with Crippen LogP contribution in [0.25, 0.3) is 41.1 Å². The maximum atomic E-state index is 15.8. The molecule has 0 amide bonds. The van der Waals surface area contributed by atoms with Gasteiger partial charge >= 0.3 is 17.8 Å². The van der Waals surface area contributed by atoms with Crippen LogP contribution in [0.1, 0.15) is 36.1 Å². The Bertz CT molecular complexity index is 3480. The van der Waals surface area contributed by atoms with E-state index in [4.69, 9.17) is 20.0 Å². The summed E-state index contributed by atoms with van der Waals surface area (Å²) < 4.78 is 107. The van der Waals surface area contributed by atoms with Gasteiger partial charge in [0, 0.05) is 56.1 Å². The van der Waals surface area contributed by atoms with Crippen LogP contribution in [-0.2, 0) is 11.8 Å². The number of azo groups is 2. The maximum absolute atomic E-state index is 15.8. The Kier molecular flexibility index (Phi) is 14.5. The van der Waals surface area contributed by atoms with Crippen molar-refractivity contribution in [3.05, 3.63) is 180 Å². The van der Waals surface area contributed by atoms with Crippen LogP contribution in [0.5, 0.6) is 11.5 Å². The standard InChI is InChI=1S/C59H44F6N8O2S2/c1-3-72(45-21-17-43(18-22-45)70-68-41-13-5-37(35-66)6-14-41)29-31-74-47-25-9-39(10-26-47)51-33-49-53-54(58(62,63)59(64,65)57(53,60)61)50-34-52(77-56(50)55(49)76-51)40-11-27-48(28-12-40)75-32-30-73(4-2)46-23-19-44(20-24-46)71-69-42-15-7-38(36-67)8-16-42/h5-28,33-34H,3-4,29-32H2,1-2H3. The number of fused-ring (bicyclic) bond motifs is 6. The van der Waals surface area contributed by atoms with E-state index in [9.17, 15) is 0 Å². The lowest BCUT2D eigenvalue weighted by Gasteiger charge is -2.23. The number of halogens is 6. The minimum Gasteiger partial charge on any atom is -0.492 e. The van der Waals surface area contributed by atoms with Gasteiger partial charge in [0.15, 0.2) is 0 Å². The average molecular weight is 1080 g/mol. The number of hydrogen-bond acceptors (Lipinski definition) is 12. The quantitative estimate of drug-likeness (QED) is 0.0623. The second kappa shape index (κ2) is 21.6. The molecule has 18 heteroatoms. The highest BCUT2D eigenvalue weighted by molar-refractivity contribution is 7.30. The summed E-state index contributed by atoms with van der Waals surface area (Å²) in [6.07, 6.45) is 0. The Morgan fingerprint density at radius 1 is 0.468 bits per heavy atom. The van der Waals surface area contributed by atoms with Crippen LogP contribution in [0, 0.1) is 22.7 Å². The molecule has 0 radical (unpaired) electrons. The summed E-state index contributed by atoms with van der Waals surface area (Å²) >= 11 is 2.16. The van der Waals surface area contributed by atoms with Crippen LogP contribution < -0.4 is 19.3 Å². The summed E-state index contributed by atoms with van der Waals surface area (Å²) in [5.41, 5.74) is 3.98. The van der Waals surface area contributed by atoms with Gasteiger partial charge in [-0.3, -0.25) is 0 Å². The first-order valence-electron chi connectivity index (χ1n) is 24.4. The molecular weight excluding hydrogens is 1030 g/mol. The molecule has 10 nitrogen and oxygen atoms in total. The lowest BCUT2D eigenvalue weighted by atomic mass is 9.99. The molecule has 1 aliphatic carbocycles. The second-order valence-corrected chi connectivity index (χ2v) is 19.9. The van der Waals surface area contributed by atoms with Crippen LogP contribution in [0.4, 0.5) is 60.5 Å². The molecular formula is C59H44F6N8O2S2. The third kappa shape index (κ3) is 10.3. The van der Waals surface area contributed by atoms with E-state index in [0.29, 0.717) is 106 Å². The largest absolute Gasteiger partial charge is 0.492 e. The Morgan fingerprint density at radius 3 is 1.10 bits per heavy atom. The van der Waals surface area contributed by atoms with E-state index in [1.54, 1.807) is 97.1 Å². The van der Waals surface area contributed by atoms with Crippen molar-refractivity contribution in [1.82, 2.24) is 0 Å². The van der Waals surface area contributed by atoms with Crippen molar-refractivity contribution in [3.8, 4) is 44.5 Å². The van der Waals surface area contributed by atoms with Gasteiger partial charge in [-0.15, -0.1) is 22.7 Å². The van der Waals surface area contributed by atoms with Crippen molar-refractivity contribution in [3.63, 3.8) is 0 Å². The number of thiophene rings is 2. The predicted molar refractivity (Wildman–Crippen MR) is 291 cm³/mol. The first-order chi connectivity index (χ1) is 37.2. The molecule has 0 fully saturated rings. The molecule has 9 aromatic rings. The fourth-order valence-electron chi connectivity index (χ4n) is 9.02. The summed E-state index contributed by atoms with van der Waals surface area (Å²) in [6.45, 7) is 7.16. The van der Waals surface area contributed by atoms with Crippen LogP contribution in [0.15, 0.2) is 178 Å². The van der Waals surface area contributed by atoms with Gasteiger partial charge in [-0.1, -0.05) is 0 Å². The summed E-state index contributed by atoms with van der Waals surface area (Å²) in [5.74, 6) is -14.9. The molecule has 0 saturated heterocycles. The fourth-order valence-corrected chi connectivity index (χ4v) is 11.5. The molecule has 0 saturated carbocycles. The van der Waals surface area contributed by atoms with E-state index in [0.717, 1.165) is 34.0 Å². The number of hydrogen-bond donors (Lipinski definition) is 0. The van der Waals surface area contributed by atoms with Crippen molar-refractivity contribution in [2.45, 2.75) is 31.6 Å². The normalized spacial score (nSPS) is 14.2. The van der Waals surface area contributed by atoms with Gasteiger partial charge < -0.3 is 19.3 Å². The highest BCUT2D eigenvalue weighted by Crippen LogP contribution is 2.67. The van der Waals surface area contributed by atoms with Crippen LogP contribution >= 0.6 is 22.7 Å². The minimum absolute atomic E-state index is 0.211. The van der Waals surface area contributed by atoms with Gasteiger partial charge in [-0.2, -0.15) is 57.3 Å². The highest BCUT2D eigenvalue weighted by Gasteiger charge is 2.80. The molecule has 386 valence electrons. The molecule has 2 aromatic heterocycles. The van der Waals surface area contributed by atoms with E-state index in [-0.39, 0.29) is 20.2 Å². The molecule has 0 N–H and O–H groups in total. The zero-order chi connectivity index (χ0) is 53.9. The lowest BCUT2D eigenvalue weighted by Crippen LogP contribution is -2.43. The molecule has 0 unspecified atom stereocenters. The average Bonchev–Trinajstić information content (AvgIpc) is 4.35. The highest BCUT2D eigenvalue weighted by atomic mass is 32.1. The van der Waals surface area contributed by atoms with Gasteiger partial charge in [-0.25, -0.2) is 0 Å². The monoisotopic (exact) mass is 1070 g/mol. The summed E-state index contributed by atoms with van der Waals surface area (Å²) in [7, 11) is 0. The predicted octanol–water partition coefficient (Wildman–Crippen LogP) is 17.7. The van der Waals surface area contributed by atoms with Gasteiger partial charge in [0.05, 0.1) is 68.5 Å². The molecule has 0 spiro atoms.